The maximum Gasteiger partial charge on any atom is 0.174 e. The molecule has 0 atom stereocenters. The van der Waals surface area contributed by atoms with Crippen LogP contribution < -0.4 is 10.1 Å². The second-order valence-electron chi connectivity index (χ2n) is 4.18. The molecule has 0 bridgehead atoms. The lowest BCUT2D eigenvalue weighted by Gasteiger charge is -2.05. The molecule has 19 heavy (non-hydrogen) atoms. The normalized spacial score (nSPS) is 11.1. The summed E-state index contributed by atoms with van der Waals surface area (Å²) < 4.78 is 10.2. The third-order valence-corrected chi connectivity index (χ3v) is 2.48. The smallest absolute Gasteiger partial charge is 0.174 e. The number of nitriles is 1. The molecule has 4 nitrogen and oxygen atoms in total. The summed E-state index contributed by atoms with van der Waals surface area (Å²) in [5.74, 6) is 0.717. The zero-order valence-electron chi connectivity index (χ0n) is 11.5. The molecule has 0 radical (unpaired) electrons. The van der Waals surface area contributed by atoms with E-state index in [4.69, 9.17) is 14.7 Å². The molecule has 0 fully saturated rings. The third kappa shape index (κ3) is 6.61. The van der Waals surface area contributed by atoms with E-state index in [1.165, 1.54) is 5.57 Å². The van der Waals surface area contributed by atoms with Crippen molar-refractivity contribution in [2.75, 3.05) is 33.4 Å². The van der Waals surface area contributed by atoms with Crippen molar-refractivity contribution in [3.63, 3.8) is 0 Å². The van der Waals surface area contributed by atoms with Gasteiger partial charge < -0.3 is 14.8 Å². The first-order valence-electron chi connectivity index (χ1n) is 6.23. The number of nitrogens with one attached hydrogen (secondary N) is 1. The topological polar surface area (TPSA) is 54.3 Å². The number of hydrogen-bond donors (Lipinski definition) is 1. The molecule has 0 amide bonds. The minimum absolute atomic E-state index is 0.0810. The first-order valence-corrected chi connectivity index (χ1v) is 6.23. The summed E-state index contributed by atoms with van der Waals surface area (Å²) in [6, 6.07) is 9.64. The van der Waals surface area contributed by atoms with Crippen molar-refractivity contribution in [1.82, 2.24) is 5.32 Å². The maximum atomic E-state index is 8.42. The molecule has 0 spiro atoms. The molecular weight excluding hydrogens is 240 g/mol. The Morgan fingerprint density at radius 3 is 2.74 bits per heavy atom. The molecule has 0 saturated carbocycles. The molecule has 102 valence electrons. The average molecular weight is 260 g/mol. The van der Waals surface area contributed by atoms with Crippen LogP contribution in [0.4, 0.5) is 0 Å². The fourth-order valence-corrected chi connectivity index (χ4v) is 1.57. The van der Waals surface area contributed by atoms with Crippen LogP contribution in [-0.2, 0) is 4.74 Å². The quantitative estimate of drug-likeness (QED) is 0.728. The van der Waals surface area contributed by atoms with Gasteiger partial charge in [0.2, 0.25) is 0 Å². The lowest BCUT2D eigenvalue weighted by Crippen LogP contribution is -2.20. The average Bonchev–Trinajstić information content (AvgIpc) is 2.43. The summed E-state index contributed by atoms with van der Waals surface area (Å²) in [7, 11) is 1.69. The summed E-state index contributed by atoms with van der Waals surface area (Å²) >= 11 is 0. The number of ether oxygens (including phenoxy) is 2. The van der Waals surface area contributed by atoms with E-state index in [1.807, 2.05) is 30.3 Å². The fourth-order valence-electron chi connectivity index (χ4n) is 1.57. The van der Waals surface area contributed by atoms with Crippen LogP contribution in [0.5, 0.6) is 5.75 Å². The molecule has 1 rings (SSSR count). The Kier molecular flexibility index (Phi) is 7.33. The highest BCUT2D eigenvalue weighted by Gasteiger charge is 1.95. The van der Waals surface area contributed by atoms with Crippen LogP contribution in [0.1, 0.15) is 12.5 Å². The fraction of sp³-hybridized carbons (Fsp3) is 0.400. The highest BCUT2D eigenvalue weighted by atomic mass is 16.5. The first kappa shape index (κ1) is 15.2. The minimum atomic E-state index is 0.0810. The molecule has 4 heteroatoms. The number of hydrogen-bond acceptors (Lipinski definition) is 4. The van der Waals surface area contributed by atoms with Gasteiger partial charge in [-0.25, -0.2) is 0 Å². The molecule has 0 aromatic heterocycles. The molecule has 0 saturated heterocycles. The highest BCUT2D eigenvalue weighted by Crippen LogP contribution is 2.14. The van der Waals surface area contributed by atoms with E-state index >= 15 is 0 Å². The Labute approximate surface area is 114 Å². The van der Waals surface area contributed by atoms with Gasteiger partial charge in [-0.3, -0.25) is 0 Å². The number of methoxy groups -OCH3 is 1. The van der Waals surface area contributed by atoms with Crippen molar-refractivity contribution in [1.29, 1.82) is 5.26 Å². The van der Waals surface area contributed by atoms with E-state index in [1.54, 1.807) is 7.11 Å². The van der Waals surface area contributed by atoms with Gasteiger partial charge in [-0.1, -0.05) is 23.8 Å². The zero-order valence-corrected chi connectivity index (χ0v) is 11.5. The predicted molar refractivity (Wildman–Crippen MR) is 75.9 cm³/mol. The van der Waals surface area contributed by atoms with Crippen molar-refractivity contribution >= 4 is 6.08 Å². The lowest BCUT2D eigenvalue weighted by atomic mass is 10.1. The number of benzene rings is 1. The monoisotopic (exact) mass is 260 g/mol. The molecule has 0 unspecified atom stereocenters. The molecule has 0 aliphatic carbocycles. The van der Waals surface area contributed by atoms with Gasteiger partial charge in [-0.15, -0.1) is 0 Å². The summed E-state index contributed by atoms with van der Waals surface area (Å²) in [5, 5.41) is 11.7. The zero-order chi connectivity index (χ0) is 13.9. The van der Waals surface area contributed by atoms with Gasteiger partial charge in [-0.2, -0.15) is 5.26 Å². The Balaban J connectivity index is 2.44. The van der Waals surface area contributed by atoms with E-state index in [0.717, 1.165) is 31.0 Å². The van der Waals surface area contributed by atoms with Crippen LogP contribution in [-0.4, -0.2) is 33.4 Å². The first-order chi connectivity index (χ1) is 9.26. The Morgan fingerprint density at radius 2 is 2.11 bits per heavy atom. The van der Waals surface area contributed by atoms with E-state index in [0.29, 0.717) is 0 Å². The van der Waals surface area contributed by atoms with Crippen molar-refractivity contribution in [2.24, 2.45) is 0 Å². The van der Waals surface area contributed by atoms with Crippen LogP contribution in [0.15, 0.2) is 29.8 Å². The molecule has 0 aliphatic heterocycles. The molecule has 1 N–H and O–H groups in total. The highest BCUT2D eigenvalue weighted by molar-refractivity contribution is 5.53. The Morgan fingerprint density at radius 1 is 1.37 bits per heavy atom. The minimum Gasteiger partial charge on any atom is -0.479 e. The summed E-state index contributed by atoms with van der Waals surface area (Å²) in [6.45, 7) is 4.58. The molecule has 0 heterocycles. The maximum absolute atomic E-state index is 8.42. The standard InChI is InChI=1S/C15H20N2O2/c1-13(12-17-8-10-18-2)11-14-3-5-15(6-4-14)19-9-7-16/h3-6,11,17H,8-10,12H2,1-2H3. The van der Waals surface area contributed by atoms with Crippen LogP contribution in [0, 0.1) is 11.3 Å². The van der Waals surface area contributed by atoms with Gasteiger partial charge in [-0.05, 0) is 24.6 Å². The van der Waals surface area contributed by atoms with Gasteiger partial charge in [0.05, 0.1) is 6.61 Å². The predicted octanol–water partition coefficient (Wildman–Crippen LogP) is 2.23. The van der Waals surface area contributed by atoms with Gasteiger partial charge >= 0.3 is 0 Å². The lowest BCUT2D eigenvalue weighted by molar-refractivity contribution is 0.200. The van der Waals surface area contributed by atoms with Crippen molar-refractivity contribution in [2.45, 2.75) is 6.92 Å². The van der Waals surface area contributed by atoms with Crippen molar-refractivity contribution in [3.05, 3.63) is 35.4 Å². The molecule has 0 aliphatic rings. The molecular formula is C15H20N2O2. The van der Waals surface area contributed by atoms with Gasteiger partial charge in [0.25, 0.3) is 0 Å². The van der Waals surface area contributed by atoms with Gasteiger partial charge in [0.1, 0.15) is 11.8 Å². The van der Waals surface area contributed by atoms with Crippen LogP contribution >= 0.6 is 0 Å². The number of rotatable bonds is 8. The third-order valence-electron chi connectivity index (χ3n) is 2.48. The second-order valence-corrected chi connectivity index (χ2v) is 4.18. The number of nitrogens with zero attached hydrogens (tertiary/aromatic N) is 1. The summed E-state index contributed by atoms with van der Waals surface area (Å²) in [5.41, 5.74) is 2.37. The van der Waals surface area contributed by atoms with E-state index in [2.05, 4.69) is 18.3 Å². The Hall–Kier alpha value is -1.83. The van der Waals surface area contributed by atoms with Crippen LogP contribution in [0.2, 0.25) is 0 Å². The van der Waals surface area contributed by atoms with Gasteiger partial charge in [0, 0.05) is 20.2 Å². The van der Waals surface area contributed by atoms with Crippen LogP contribution in [0.3, 0.4) is 0 Å². The second kappa shape index (κ2) is 9.15. The van der Waals surface area contributed by atoms with Crippen molar-refractivity contribution in [3.8, 4) is 11.8 Å². The SMILES string of the molecule is COCCNCC(C)=Cc1ccc(OCC#N)cc1. The van der Waals surface area contributed by atoms with E-state index in [9.17, 15) is 0 Å². The summed E-state index contributed by atoms with van der Waals surface area (Å²) in [4.78, 5) is 0. The van der Waals surface area contributed by atoms with E-state index in [-0.39, 0.29) is 6.61 Å². The van der Waals surface area contributed by atoms with Crippen LogP contribution in [0.25, 0.3) is 6.08 Å². The molecule has 1 aromatic rings. The molecule has 1 aromatic carbocycles. The van der Waals surface area contributed by atoms with E-state index < -0.39 is 0 Å². The summed E-state index contributed by atoms with van der Waals surface area (Å²) in [6.07, 6.45) is 2.12. The Bertz CT molecular complexity index is 432. The largest absolute Gasteiger partial charge is 0.479 e. The van der Waals surface area contributed by atoms with Crippen molar-refractivity contribution < 1.29 is 9.47 Å². The van der Waals surface area contributed by atoms with Gasteiger partial charge in [0.15, 0.2) is 6.61 Å².